The first kappa shape index (κ1) is 18.8. The van der Waals surface area contributed by atoms with Gasteiger partial charge < -0.3 is 14.6 Å². The first-order valence-electron chi connectivity index (χ1n) is 8.37. The van der Waals surface area contributed by atoms with Crippen molar-refractivity contribution in [3.8, 4) is 11.5 Å². The number of nitro groups is 1. The Kier molecular flexibility index (Phi) is 5.41. The lowest BCUT2D eigenvalue weighted by molar-refractivity contribution is -0.385. The molecule has 0 saturated carbocycles. The van der Waals surface area contributed by atoms with Crippen LogP contribution in [0.1, 0.15) is 39.7 Å². The molecule has 0 bridgehead atoms. The number of hydrogen-bond acceptors (Lipinski definition) is 8. The van der Waals surface area contributed by atoms with Crippen molar-refractivity contribution in [2.24, 2.45) is 4.99 Å². The van der Waals surface area contributed by atoms with Crippen molar-refractivity contribution in [3.63, 3.8) is 0 Å². The van der Waals surface area contributed by atoms with E-state index in [0.717, 1.165) is 35.8 Å². The van der Waals surface area contributed by atoms with Crippen LogP contribution in [0.25, 0.3) is 0 Å². The number of phenolic OH excluding ortho intramolecular Hbond substituents is 1. The third-order valence-electron chi connectivity index (χ3n) is 4.23. The summed E-state index contributed by atoms with van der Waals surface area (Å²) in [5.41, 5.74) is 1.06. The van der Waals surface area contributed by atoms with Crippen LogP contribution in [0.3, 0.4) is 0 Å². The number of rotatable bonds is 6. The molecule has 3 rings (SSSR count). The summed E-state index contributed by atoms with van der Waals surface area (Å²) in [4.78, 5) is 28.2. The van der Waals surface area contributed by atoms with Crippen molar-refractivity contribution in [2.75, 3.05) is 13.7 Å². The summed E-state index contributed by atoms with van der Waals surface area (Å²) in [7, 11) is 1.37. The second-order valence-corrected chi connectivity index (χ2v) is 6.94. The van der Waals surface area contributed by atoms with Gasteiger partial charge >= 0.3 is 11.7 Å². The highest BCUT2D eigenvalue weighted by atomic mass is 32.1. The normalized spacial score (nSPS) is 13.0. The van der Waals surface area contributed by atoms with Crippen LogP contribution >= 0.6 is 11.3 Å². The lowest BCUT2D eigenvalue weighted by atomic mass is 10.1. The highest BCUT2D eigenvalue weighted by molar-refractivity contribution is 7.16. The molecule has 0 aliphatic heterocycles. The number of nitrogens with zero attached hydrogens (tertiary/aromatic N) is 2. The molecule has 0 amide bonds. The van der Waals surface area contributed by atoms with E-state index in [1.54, 1.807) is 6.92 Å². The van der Waals surface area contributed by atoms with Gasteiger partial charge in [-0.3, -0.25) is 10.1 Å². The predicted molar refractivity (Wildman–Crippen MR) is 101 cm³/mol. The number of carbonyl (C=O) groups excluding carboxylic acids is 1. The maximum atomic E-state index is 12.4. The van der Waals surface area contributed by atoms with E-state index in [2.05, 4.69) is 4.99 Å². The van der Waals surface area contributed by atoms with Gasteiger partial charge in [0.15, 0.2) is 0 Å². The zero-order chi connectivity index (χ0) is 19.6. The molecule has 0 fully saturated rings. The van der Waals surface area contributed by atoms with Gasteiger partial charge in [-0.15, -0.1) is 11.3 Å². The molecule has 142 valence electrons. The van der Waals surface area contributed by atoms with Crippen molar-refractivity contribution < 1.29 is 24.3 Å². The fourth-order valence-corrected chi connectivity index (χ4v) is 4.21. The minimum absolute atomic E-state index is 0.129. The summed E-state index contributed by atoms with van der Waals surface area (Å²) in [6.07, 6.45) is 3.97. The highest BCUT2D eigenvalue weighted by Gasteiger charge is 2.27. The van der Waals surface area contributed by atoms with Crippen molar-refractivity contribution >= 4 is 34.2 Å². The zero-order valence-corrected chi connectivity index (χ0v) is 15.7. The van der Waals surface area contributed by atoms with Crippen LogP contribution in [0, 0.1) is 10.1 Å². The average Bonchev–Trinajstić information content (AvgIpc) is 3.21. The van der Waals surface area contributed by atoms with E-state index in [9.17, 15) is 20.0 Å². The number of phenols is 1. The molecular weight excluding hydrogens is 372 g/mol. The number of fused-ring (bicyclic) bond motifs is 1. The van der Waals surface area contributed by atoms with E-state index in [-0.39, 0.29) is 17.9 Å². The first-order chi connectivity index (χ1) is 13.0. The summed E-state index contributed by atoms with van der Waals surface area (Å²) in [6, 6.07) is 2.58. The van der Waals surface area contributed by atoms with Crippen molar-refractivity contribution in [2.45, 2.75) is 26.2 Å². The molecule has 0 spiro atoms. The highest BCUT2D eigenvalue weighted by Crippen LogP contribution is 2.41. The number of aryl methyl sites for hydroxylation is 1. The van der Waals surface area contributed by atoms with Crippen LogP contribution in [-0.2, 0) is 17.6 Å². The van der Waals surface area contributed by atoms with E-state index in [1.807, 2.05) is 0 Å². The Morgan fingerprint density at radius 1 is 1.44 bits per heavy atom. The molecule has 8 nitrogen and oxygen atoms in total. The van der Waals surface area contributed by atoms with Crippen LogP contribution in [0.4, 0.5) is 10.7 Å². The third-order valence-corrected chi connectivity index (χ3v) is 5.43. The van der Waals surface area contributed by atoms with Crippen LogP contribution in [0.15, 0.2) is 17.1 Å². The van der Waals surface area contributed by atoms with E-state index < -0.39 is 22.3 Å². The van der Waals surface area contributed by atoms with Gasteiger partial charge in [0, 0.05) is 16.7 Å². The van der Waals surface area contributed by atoms with Gasteiger partial charge in [-0.25, -0.2) is 9.79 Å². The van der Waals surface area contributed by atoms with Gasteiger partial charge in [0.1, 0.15) is 10.8 Å². The molecule has 0 unspecified atom stereocenters. The SMILES string of the molecule is CCOC(=O)c1c(N=Cc2cc(OC)cc([N+](=O)[O-])c2O)sc2c1CCC2. The number of carbonyl (C=O) groups is 1. The average molecular weight is 390 g/mol. The number of esters is 1. The fourth-order valence-electron chi connectivity index (χ4n) is 2.99. The van der Waals surface area contributed by atoms with Crippen LogP contribution in [-0.4, -0.2) is 35.9 Å². The largest absolute Gasteiger partial charge is 0.502 e. The van der Waals surface area contributed by atoms with E-state index in [1.165, 1.54) is 30.7 Å². The summed E-state index contributed by atoms with van der Waals surface area (Å²) in [5.74, 6) is -0.712. The smallest absolute Gasteiger partial charge is 0.341 e. The summed E-state index contributed by atoms with van der Waals surface area (Å²) in [5, 5.41) is 21.7. The number of aromatic hydroxyl groups is 1. The molecule has 1 aliphatic rings. The molecule has 0 radical (unpaired) electrons. The van der Waals surface area contributed by atoms with E-state index in [0.29, 0.717) is 10.6 Å². The van der Waals surface area contributed by atoms with Gasteiger partial charge in [0.2, 0.25) is 5.75 Å². The quantitative estimate of drug-likeness (QED) is 0.348. The Hall–Kier alpha value is -2.94. The van der Waals surface area contributed by atoms with Crippen LogP contribution in [0.2, 0.25) is 0 Å². The van der Waals surface area contributed by atoms with E-state index >= 15 is 0 Å². The fraction of sp³-hybridized carbons (Fsp3) is 0.333. The number of hydrogen-bond donors (Lipinski definition) is 1. The van der Waals surface area contributed by atoms with Gasteiger partial charge in [-0.2, -0.15) is 0 Å². The number of nitro benzene ring substituents is 1. The zero-order valence-electron chi connectivity index (χ0n) is 14.9. The maximum Gasteiger partial charge on any atom is 0.341 e. The van der Waals surface area contributed by atoms with Crippen LogP contribution in [0.5, 0.6) is 11.5 Å². The lowest BCUT2D eigenvalue weighted by Gasteiger charge is -2.05. The molecular formula is C18H18N2O6S. The molecule has 0 atom stereocenters. The predicted octanol–water partition coefficient (Wildman–Crippen LogP) is 3.79. The van der Waals surface area contributed by atoms with Gasteiger partial charge in [0.05, 0.1) is 30.3 Å². The second kappa shape index (κ2) is 7.75. The molecule has 1 heterocycles. The van der Waals surface area contributed by atoms with E-state index in [4.69, 9.17) is 9.47 Å². The van der Waals surface area contributed by atoms with Gasteiger partial charge in [-0.05, 0) is 37.8 Å². The molecule has 1 aromatic carbocycles. The van der Waals surface area contributed by atoms with Crippen LogP contribution < -0.4 is 4.74 Å². The molecule has 1 aliphatic carbocycles. The number of methoxy groups -OCH3 is 1. The Bertz CT molecular complexity index is 934. The van der Waals surface area contributed by atoms with Gasteiger partial charge in [0.25, 0.3) is 0 Å². The third kappa shape index (κ3) is 3.63. The Morgan fingerprint density at radius 3 is 2.89 bits per heavy atom. The molecule has 27 heavy (non-hydrogen) atoms. The Labute approximate surface area is 159 Å². The molecule has 0 saturated heterocycles. The number of thiophene rings is 1. The minimum Gasteiger partial charge on any atom is -0.502 e. The first-order valence-corrected chi connectivity index (χ1v) is 9.19. The number of ether oxygens (including phenoxy) is 2. The Balaban J connectivity index is 2.03. The lowest BCUT2D eigenvalue weighted by Crippen LogP contribution is -2.06. The second-order valence-electron chi connectivity index (χ2n) is 5.86. The van der Waals surface area contributed by atoms with Crippen molar-refractivity contribution in [1.82, 2.24) is 0 Å². The van der Waals surface area contributed by atoms with Crippen molar-refractivity contribution in [3.05, 3.63) is 43.8 Å². The maximum absolute atomic E-state index is 12.4. The standard InChI is InChI=1S/C18H18N2O6S/c1-3-26-18(22)15-12-5-4-6-14(12)27-17(15)19-9-10-7-11(25-2)8-13(16(10)21)20(23)24/h7-9,21H,3-6H2,1-2H3. The molecule has 2 aromatic rings. The van der Waals surface area contributed by atoms with Crippen molar-refractivity contribution in [1.29, 1.82) is 0 Å². The molecule has 1 N–H and O–H groups in total. The molecule has 1 aromatic heterocycles. The number of benzene rings is 1. The monoisotopic (exact) mass is 390 g/mol. The summed E-state index contributed by atoms with van der Waals surface area (Å²) >= 11 is 1.40. The molecule has 9 heteroatoms. The Morgan fingerprint density at radius 2 is 2.22 bits per heavy atom. The minimum atomic E-state index is -0.696. The summed E-state index contributed by atoms with van der Waals surface area (Å²) < 4.78 is 10.2. The topological polar surface area (TPSA) is 111 Å². The summed E-state index contributed by atoms with van der Waals surface area (Å²) in [6.45, 7) is 2.00. The van der Waals surface area contributed by atoms with Gasteiger partial charge in [-0.1, -0.05) is 0 Å². The number of aliphatic imine (C=N–C) groups is 1.